The minimum atomic E-state index is -0.222. The topological polar surface area (TPSA) is 29.1 Å². The standard InChI is InChI=1S/C19H13BrClNO/c20-14-11-9-13(10-12-14)15-5-2-4-8-18(15)22-19(23)16-6-1-3-7-17(16)21/h1-12H,(H,22,23). The number of para-hydroxylation sites is 1. The summed E-state index contributed by atoms with van der Waals surface area (Å²) in [6, 6.07) is 22.7. The molecule has 0 atom stereocenters. The van der Waals surface area contributed by atoms with Crippen LogP contribution in [-0.4, -0.2) is 5.91 Å². The summed E-state index contributed by atoms with van der Waals surface area (Å²) in [7, 11) is 0. The Labute approximate surface area is 148 Å². The van der Waals surface area contributed by atoms with Crippen LogP contribution in [-0.2, 0) is 0 Å². The first-order valence-electron chi connectivity index (χ1n) is 7.06. The molecule has 0 bridgehead atoms. The van der Waals surface area contributed by atoms with Crippen LogP contribution in [0.15, 0.2) is 77.3 Å². The SMILES string of the molecule is O=C(Nc1ccccc1-c1ccc(Br)cc1)c1ccccc1Cl. The Morgan fingerprint density at radius 1 is 0.870 bits per heavy atom. The van der Waals surface area contributed by atoms with Crippen molar-refractivity contribution in [2.24, 2.45) is 0 Å². The highest BCUT2D eigenvalue weighted by Gasteiger charge is 2.12. The quantitative estimate of drug-likeness (QED) is 0.585. The monoisotopic (exact) mass is 385 g/mol. The predicted octanol–water partition coefficient (Wildman–Crippen LogP) is 6.02. The molecule has 1 amide bonds. The van der Waals surface area contributed by atoms with E-state index in [1.165, 1.54) is 0 Å². The normalized spacial score (nSPS) is 10.3. The number of halogens is 2. The number of benzene rings is 3. The van der Waals surface area contributed by atoms with Gasteiger partial charge < -0.3 is 5.32 Å². The molecular formula is C19H13BrClNO. The van der Waals surface area contributed by atoms with E-state index in [4.69, 9.17) is 11.6 Å². The Kier molecular flexibility index (Phi) is 4.79. The number of carbonyl (C=O) groups is 1. The smallest absolute Gasteiger partial charge is 0.257 e. The molecule has 0 fully saturated rings. The van der Waals surface area contributed by atoms with Crippen LogP contribution in [0.2, 0.25) is 5.02 Å². The van der Waals surface area contributed by atoms with Crippen molar-refractivity contribution in [3.8, 4) is 11.1 Å². The Hall–Kier alpha value is -2.10. The van der Waals surface area contributed by atoms with Gasteiger partial charge in [0.15, 0.2) is 0 Å². The molecule has 0 heterocycles. The highest BCUT2D eigenvalue weighted by atomic mass is 79.9. The van der Waals surface area contributed by atoms with Gasteiger partial charge in [0.05, 0.1) is 10.6 Å². The van der Waals surface area contributed by atoms with E-state index in [0.717, 1.165) is 21.3 Å². The molecule has 1 N–H and O–H groups in total. The van der Waals surface area contributed by atoms with Crippen LogP contribution in [0.3, 0.4) is 0 Å². The van der Waals surface area contributed by atoms with Crippen molar-refractivity contribution in [1.29, 1.82) is 0 Å². The fourth-order valence-electron chi connectivity index (χ4n) is 2.31. The van der Waals surface area contributed by atoms with Gasteiger partial charge in [-0.3, -0.25) is 4.79 Å². The summed E-state index contributed by atoms with van der Waals surface area (Å²) in [6.45, 7) is 0. The molecule has 0 unspecified atom stereocenters. The molecule has 0 aliphatic carbocycles. The second-order valence-corrected chi connectivity index (χ2v) is 6.31. The summed E-state index contributed by atoms with van der Waals surface area (Å²) in [5, 5.41) is 3.38. The zero-order valence-electron chi connectivity index (χ0n) is 12.1. The second-order valence-electron chi connectivity index (χ2n) is 4.99. The average Bonchev–Trinajstić information content (AvgIpc) is 2.56. The zero-order chi connectivity index (χ0) is 16.2. The van der Waals surface area contributed by atoms with E-state index >= 15 is 0 Å². The van der Waals surface area contributed by atoms with Gasteiger partial charge >= 0.3 is 0 Å². The first kappa shape index (κ1) is 15.8. The minimum Gasteiger partial charge on any atom is -0.321 e. The largest absolute Gasteiger partial charge is 0.321 e. The van der Waals surface area contributed by atoms with Crippen molar-refractivity contribution in [3.63, 3.8) is 0 Å². The van der Waals surface area contributed by atoms with Crippen LogP contribution in [0.5, 0.6) is 0 Å². The molecule has 3 aromatic carbocycles. The summed E-state index contributed by atoms with van der Waals surface area (Å²) >= 11 is 9.52. The fraction of sp³-hybridized carbons (Fsp3) is 0. The molecule has 0 aliphatic heterocycles. The van der Waals surface area contributed by atoms with Gasteiger partial charge in [0.1, 0.15) is 0 Å². The van der Waals surface area contributed by atoms with Crippen LogP contribution in [0.25, 0.3) is 11.1 Å². The molecule has 0 saturated heterocycles. The van der Waals surface area contributed by atoms with Crippen LogP contribution < -0.4 is 5.32 Å². The lowest BCUT2D eigenvalue weighted by Crippen LogP contribution is -2.13. The van der Waals surface area contributed by atoms with Crippen LogP contribution in [0.4, 0.5) is 5.69 Å². The van der Waals surface area contributed by atoms with Gasteiger partial charge in [-0.25, -0.2) is 0 Å². The van der Waals surface area contributed by atoms with Crippen molar-refractivity contribution in [2.75, 3.05) is 5.32 Å². The third-order valence-corrected chi connectivity index (χ3v) is 4.31. The van der Waals surface area contributed by atoms with E-state index in [2.05, 4.69) is 21.2 Å². The lowest BCUT2D eigenvalue weighted by Gasteiger charge is -2.12. The zero-order valence-corrected chi connectivity index (χ0v) is 14.4. The molecule has 0 radical (unpaired) electrons. The Morgan fingerprint density at radius 3 is 2.26 bits per heavy atom. The van der Waals surface area contributed by atoms with E-state index in [0.29, 0.717) is 10.6 Å². The van der Waals surface area contributed by atoms with E-state index in [1.54, 1.807) is 24.3 Å². The van der Waals surface area contributed by atoms with Crippen LogP contribution in [0, 0.1) is 0 Å². The van der Waals surface area contributed by atoms with Crippen molar-refractivity contribution < 1.29 is 4.79 Å². The number of rotatable bonds is 3. The molecule has 0 saturated carbocycles. The first-order chi connectivity index (χ1) is 11.1. The van der Waals surface area contributed by atoms with Crippen molar-refractivity contribution >= 4 is 39.1 Å². The predicted molar refractivity (Wildman–Crippen MR) is 99.0 cm³/mol. The molecule has 4 heteroatoms. The number of carbonyl (C=O) groups excluding carboxylic acids is 1. The molecule has 0 aliphatic rings. The molecule has 114 valence electrons. The second kappa shape index (κ2) is 6.99. The summed E-state index contributed by atoms with van der Waals surface area (Å²) < 4.78 is 1.01. The van der Waals surface area contributed by atoms with Crippen LogP contribution in [0.1, 0.15) is 10.4 Å². The minimum absolute atomic E-state index is 0.222. The van der Waals surface area contributed by atoms with E-state index in [9.17, 15) is 4.79 Å². The van der Waals surface area contributed by atoms with Gasteiger partial charge in [-0.2, -0.15) is 0 Å². The molecule has 2 nitrogen and oxygen atoms in total. The average molecular weight is 387 g/mol. The highest BCUT2D eigenvalue weighted by Crippen LogP contribution is 2.29. The number of amides is 1. The van der Waals surface area contributed by atoms with Crippen molar-refractivity contribution in [1.82, 2.24) is 0 Å². The Balaban J connectivity index is 1.94. The van der Waals surface area contributed by atoms with Gasteiger partial charge in [-0.1, -0.05) is 70.0 Å². The number of hydrogen-bond acceptors (Lipinski definition) is 1. The maximum Gasteiger partial charge on any atom is 0.257 e. The van der Waals surface area contributed by atoms with E-state index in [1.807, 2.05) is 48.5 Å². The molecule has 3 rings (SSSR count). The Bertz CT molecular complexity index is 846. The van der Waals surface area contributed by atoms with Crippen LogP contribution >= 0.6 is 27.5 Å². The third-order valence-electron chi connectivity index (χ3n) is 3.45. The summed E-state index contributed by atoms with van der Waals surface area (Å²) in [4.78, 5) is 12.5. The van der Waals surface area contributed by atoms with Gasteiger partial charge in [0.2, 0.25) is 0 Å². The van der Waals surface area contributed by atoms with Gasteiger partial charge in [0, 0.05) is 15.7 Å². The maximum atomic E-state index is 12.5. The summed E-state index contributed by atoms with van der Waals surface area (Å²) in [5.74, 6) is -0.222. The number of nitrogens with one attached hydrogen (secondary N) is 1. The lowest BCUT2D eigenvalue weighted by atomic mass is 10.0. The molecular weight excluding hydrogens is 374 g/mol. The third kappa shape index (κ3) is 3.63. The fourth-order valence-corrected chi connectivity index (χ4v) is 2.79. The molecule has 0 aromatic heterocycles. The van der Waals surface area contributed by atoms with Crippen molar-refractivity contribution in [2.45, 2.75) is 0 Å². The van der Waals surface area contributed by atoms with Gasteiger partial charge in [0.25, 0.3) is 5.91 Å². The molecule has 23 heavy (non-hydrogen) atoms. The van der Waals surface area contributed by atoms with Gasteiger partial charge in [-0.05, 0) is 35.9 Å². The first-order valence-corrected chi connectivity index (χ1v) is 8.23. The number of anilines is 1. The van der Waals surface area contributed by atoms with E-state index in [-0.39, 0.29) is 5.91 Å². The highest BCUT2D eigenvalue weighted by molar-refractivity contribution is 9.10. The lowest BCUT2D eigenvalue weighted by molar-refractivity contribution is 0.102. The number of hydrogen-bond donors (Lipinski definition) is 1. The van der Waals surface area contributed by atoms with E-state index < -0.39 is 0 Å². The Morgan fingerprint density at radius 2 is 1.52 bits per heavy atom. The summed E-state index contributed by atoms with van der Waals surface area (Å²) in [6.07, 6.45) is 0. The van der Waals surface area contributed by atoms with Gasteiger partial charge in [-0.15, -0.1) is 0 Å². The molecule has 0 spiro atoms. The summed E-state index contributed by atoms with van der Waals surface area (Å²) in [5.41, 5.74) is 3.20. The maximum absolute atomic E-state index is 12.5. The molecule has 3 aromatic rings. The van der Waals surface area contributed by atoms with Crippen molar-refractivity contribution in [3.05, 3.63) is 87.9 Å².